The Morgan fingerprint density at radius 2 is 1.89 bits per heavy atom. The van der Waals surface area contributed by atoms with Gasteiger partial charge in [-0.1, -0.05) is 23.2 Å². The SMILES string of the molecule is CC(C)(C)OC(=O)N[C@@H]1CCN(Cc2cc(Cl)c(OCC3CC3)c(Cl)c2)C1. The van der Waals surface area contributed by atoms with E-state index in [2.05, 4.69) is 10.2 Å². The van der Waals surface area contributed by atoms with Crippen molar-refractivity contribution in [3.8, 4) is 5.75 Å². The van der Waals surface area contributed by atoms with Gasteiger partial charge in [0.1, 0.15) is 5.60 Å². The molecule has 2 fully saturated rings. The van der Waals surface area contributed by atoms with Gasteiger partial charge < -0.3 is 14.8 Å². The highest BCUT2D eigenvalue weighted by molar-refractivity contribution is 6.37. The van der Waals surface area contributed by atoms with Crippen molar-refractivity contribution in [2.75, 3.05) is 19.7 Å². The number of amides is 1. The average molecular weight is 415 g/mol. The summed E-state index contributed by atoms with van der Waals surface area (Å²) >= 11 is 12.8. The van der Waals surface area contributed by atoms with Gasteiger partial charge in [-0.2, -0.15) is 0 Å². The van der Waals surface area contributed by atoms with Crippen molar-refractivity contribution in [2.24, 2.45) is 5.92 Å². The normalized spacial score (nSPS) is 20.6. The minimum absolute atomic E-state index is 0.0898. The lowest BCUT2D eigenvalue weighted by Gasteiger charge is -2.22. The topological polar surface area (TPSA) is 50.8 Å². The van der Waals surface area contributed by atoms with Crippen LogP contribution >= 0.6 is 23.2 Å². The molecule has 1 aliphatic heterocycles. The highest BCUT2D eigenvalue weighted by atomic mass is 35.5. The molecule has 1 N–H and O–H groups in total. The number of likely N-dealkylation sites (tertiary alicyclic amines) is 1. The molecule has 1 saturated carbocycles. The summed E-state index contributed by atoms with van der Waals surface area (Å²) in [5.74, 6) is 1.23. The van der Waals surface area contributed by atoms with E-state index in [9.17, 15) is 4.79 Å². The molecule has 3 rings (SSSR count). The zero-order valence-electron chi connectivity index (χ0n) is 16.2. The summed E-state index contributed by atoms with van der Waals surface area (Å²) in [6.45, 7) is 8.67. The average Bonchev–Trinajstić information content (AvgIpc) is 3.25. The van der Waals surface area contributed by atoms with Crippen molar-refractivity contribution in [3.05, 3.63) is 27.7 Å². The summed E-state index contributed by atoms with van der Waals surface area (Å²) in [7, 11) is 0. The summed E-state index contributed by atoms with van der Waals surface area (Å²) < 4.78 is 11.1. The van der Waals surface area contributed by atoms with Gasteiger partial charge >= 0.3 is 6.09 Å². The predicted octanol–water partition coefficient (Wildman–Crippen LogP) is 4.88. The van der Waals surface area contributed by atoms with Crippen LogP contribution in [0.25, 0.3) is 0 Å². The Labute approximate surface area is 171 Å². The lowest BCUT2D eigenvalue weighted by molar-refractivity contribution is 0.0505. The van der Waals surface area contributed by atoms with Crippen molar-refractivity contribution in [1.82, 2.24) is 10.2 Å². The zero-order valence-corrected chi connectivity index (χ0v) is 17.7. The molecule has 1 atom stereocenters. The third-order valence-electron chi connectivity index (χ3n) is 4.62. The molecule has 2 aliphatic rings. The van der Waals surface area contributed by atoms with Gasteiger partial charge in [0.05, 0.1) is 16.7 Å². The number of hydrogen-bond donors (Lipinski definition) is 1. The molecule has 150 valence electrons. The highest BCUT2D eigenvalue weighted by Crippen LogP contribution is 2.37. The first kappa shape index (κ1) is 20.6. The molecule has 0 spiro atoms. The van der Waals surface area contributed by atoms with Gasteiger partial charge in [-0.05, 0) is 63.6 Å². The van der Waals surface area contributed by atoms with Crippen LogP contribution in [0.2, 0.25) is 10.0 Å². The maximum atomic E-state index is 11.9. The van der Waals surface area contributed by atoms with E-state index in [-0.39, 0.29) is 12.1 Å². The van der Waals surface area contributed by atoms with Crippen molar-refractivity contribution in [2.45, 2.75) is 58.2 Å². The predicted molar refractivity (Wildman–Crippen MR) is 108 cm³/mol. The van der Waals surface area contributed by atoms with Gasteiger partial charge in [0.15, 0.2) is 5.75 Å². The number of ether oxygens (including phenoxy) is 2. The standard InChI is InChI=1S/C20H28Cl2N2O3/c1-20(2,3)27-19(25)23-15-6-7-24(11-15)10-14-8-16(21)18(17(22)9-14)26-12-13-4-5-13/h8-9,13,15H,4-7,10-12H2,1-3H3,(H,23,25)/t15-/m1/s1. The second kappa shape index (κ2) is 8.46. The Morgan fingerprint density at radius 3 is 2.48 bits per heavy atom. The molecular weight excluding hydrogens is 387 g/mol. The first-order valence-electron chi connectivity index (χ1n) is 9.52. The molecule has 0 radical (unpaired) electrons. The zero-order chi connectivity index (χ0) is 19.6. The Bertz CT molecular complexity index is 663. The molecule has 0 aromatic heterocycles. The Balaban J connectivity index is 1.51. The van der Waals surface area contributed by atoms with Crippen molar-refractivity contribution in [3.63, 3.8) is 0 Å². The fourth-order valence-electron chi connectivity index (χ4n) is 3.15. The summed E-state index contributed by atoms with van der Waals surface area (Å²) in [5, 5.41) is 4.05. The van der Waals surface area contributed by atoms with Crippen LogP contribution in [0.3, 0.4) is 0 Å². The number of nitrogens with one attached hydrogen (secondary N) is 1. The molecule has 0 bridgehead atoms. The minimum Gasteiger partial charge on any atom is -0.490 e. The minimum atomic E-state index is -0.487. The number of carbonyl (C=O) groups excluding carboxylic acids is 1. The van der Waals surface area contributed by atoms with Crippen molar-refractivity contribution >= 4 is 29.3 Å². The number of rotatable bonds is 6. The van der Waals surface area contributed by atoms with Crippen LogP contribution in [0.4, 0.5) is 4.79 Å². The monoisotopic (exact) mass is 414 g/mol. The van der Waals surface area contributed by atoms with Crippen LogP contribution in [0.5, 0.6) is 5.75 Å². The molecule has 27 heavy (non-hydrogen) atoms. The molecule has 0 unspecified atom stereocenters. The van der Waals surface area contributed by atoms with Crippen LogP contribution in [0.15, 0.2) is 12.1 Å². The van der Waals surface area contributed by atoms with Gasteiger partial charge in [-0.15, -0.1) is 0 Å². The van der Waals surface area contributed by atoms with Crippen LogP contribution in [-0.4, -0.2) is 42.3 Å². The third-order valence-corrected chi connectivity index (χ3v) is 5.18. The maximum absolute atomic E-state index is 11.9. The van der Waals surface area contributed by atoms with Gasteiger partial charge in [0, 0.05) is 25.7 Å². The summed E-state index contributed by atoms with van der Waals surface area (Å²) in [6, 6.07) is 3.93. The number of carbonyl (C=O) groups is 1. The lowest BCUT2D eigenvalue weighted by atomic mass is 10.2. The van der Waals surface area contributed by atoms with E-state index >= 15 is 0 Å². The summed E-state index contributed by atoms with van der Waals surface area (Å²) in [4.78, 5) is 14.2. The summed E-state index contributed by atoms with van der Waals surface area (Å²) in [5.41, 5.74) is 0.556. The van der Waals surface area contributed by atoms with Crippen LogP contribution < -0.4 is 10.1 Å². The molecule has 1 aromatic rings. The first-order chi connectivity index (χ1) is 12.7. The van der Waals surface area contributed by atoms with Crippen molar-refractivity contribution in [1.29, 1.82) is 0 Å². The molecule has 1 aromatic carbocycles. The molecule has 1 aliphatic carbocycles. The maximum Gasteiger partial charge on any atom is 0.407 e. The Kier molecular flexibility index (Phi) is 6.44. The van der Waals surface area contributed by atoms with E-state index in [1.165, 1.54) is 12.8 Å². The summed E-state index contributed by atoms with van der Waals surface area (Å²) in [6.07, 6.45) is 2.97. The van der Waals surface area contributed by atoms with Gasteiger partial charge in [-0.3, -0.25) is 4.90 Å². The van der Waals surface area contributed by atoms with Crippen LogP contribution in [0.1, 0.15) is 45.6 Å². The third kappa shape index (κ3) is 6.44. The molecule has 1 saturated heterocycles. The van der Waals surface area contributed by atoms with E-state index < -0.39 is 5.60 Å². The van der Waals surface area contributed by atoms with E-state index in [0.717, 1.165) is 31.6 Å². The number of hydrogen-bond acceptors (Lipinski definition) is 4. The second-order valence-corrected chi connectivity index (χ2v) is 9.32. The molecule has 7 heteroatoms. The second-order valence-electron chi connectivity index (χ2n) is 8.51. The largest absolute Gasteiger partial charge is 0.490 e. The molecule has 5 nitrogen and oxygen atoms in total. The number of alkyl carbamates (subject to hydrolysis) is 1. The fourth-order valence-corrected chi connectivity index (χ4v) is 3.80. The highest BCUT2D eigenvalue weighted by Gasteiger charge is 2.27. The van der Waals surface area contributed by atoms with Gasteiger partial charge in [0.2, 0.25) is 0 Å². The van der Waals surface area contributed by atoms with E-state index in [4.69, 9.17) is 32.7 Å². The van der Waals surface area contributed by atoms with Gasteiger partial charge in [0.25, 0.3) is 0 Å². The lowest BCUT2D eigenvalue weighted by Crippen LogP contribution is -2.40. The molecular formula is C20H28Cl2N2O3. The van der Waals surface area contributed by atoms with E-state index in [1.807, 2.05) is 32.9 Å². The van der Waals surface area contributed by atoms with E-state index in [1.54, 1.807) is 0 Å². The smallest absolute Gasteiger partial charge is 0.407 e. The Hall–Kier alpha value is -1.17. The molecule has 1 amide bonds. The van der Waals surface area contributed by atoms with E-state index in [0.29, 0.717) is 28.3 Å². The fraction of sp³-hybridized carbons (Fsp3) is 0.650. The number of nitrogens with zero attached hydrogens (tertiary/aromatic N) is 1. The Morgan fingerprint density at radius 1 is 1.22 bits per heavy atom. The number of halogens is 2. The van der Waals surface area contributed by atoms with Gasteiger partial charge in [-0.25, -0.2) is 4.79 Å². The quantitative estimate of drug-likeness (QED) is 0.720. The van der Waals surface area contributed by atoms with Crippen LogP contribution in [-0.2, 0) is 11.3 Å². The number of benzene rings is 1. The van der Waals surface area contributed by atoms with Crippen LogP contribution in [0, 0.1) is 5.92 Å². The van der Waals surface area contributed by atoms with Crippen molar-refractivity contribution < 1.29 is 14.3 Å². The molecule has 1 heterocycles. The first-order valence-corrected chi connectivity index (χ1v) is 10.3.